The molecule has 0 amide bonds. The average Bonchev–Trinajstić information content (AvgIpc) is 2.43. The van der Waals surface area contributed by atoms with Gasteiger partial charge in [-0.05, 0) is 49.2 Å². The van der Waals surface area contributed by atoms with Gasteiger partial charge in [0.25, 0.3) is 0 Å². The molecule has 0 aromatic heterocycles. The van der Waals surface area contributed by atoms with Crippen LogP contribution in [0.5, 0.6) is 5.75 Å². The number of rotatable bonds is 4. The van der Waals surface area contributed by atoms with Crippen molar-refractivity contribution in [1.29, 1.82) is 0 Å². The summed E-state index contributed by atoms with van der Waals surface area (Å²) >= 11 is 13.7. The molecule has 0 bridgehead atoms. The summed E-state index contributed by atoms with van der Waals surface area (Å²) in [6.07, 6.45) is 0. The zero-order valence-electron chi connectivity index (χ0n) is 11.3. The van der Waals surface area contributed by atoms with Gasteiger partial charge in [-0.2, -0.15) is 0 Å². The molecule has 0 saturated carbocycles. The molecule has 1 unspecified atom stereocenters. The Bertz CT molecular complexity index is 613. The third kappa shape index (κ3) is 3.38. The lowest BCUT2D eigenvalue weighted by atomic mass is 9.99. The highest BCUT2D eigenvalue weighted by Crippen LogP contribution is 2.39. The summed E-state index contributed by atoms with van der Waals surface area (Å²) in [5, 5.41) is -0.244. The van der Waals surface area contributed by atoms with Gasteiger partial charge in [-0.1, -0.05) is 44.0 Å². The molecule has 0 aliphatic rings. The van der Waals surface area contributed by atoms with Crippen LogP contribution in [0.25, 0.3) is 0 Å². The van der Waals surface area contributed by atoms with E-state index in [-0.39, 0.29) is 5.38 Å². The summed E-state index contributed by atoms with van der Waals surface area (Å²) in [5.41, 5.74) is 3.21. The zero-order chi connectivity index (χ0) is 14.7. The highest BCUT2D eigenvalue weighted by molar-refractivity contribution is 9.10. The molecule has 2 aromatic rings. The molecule has 1 nitrogen and oxygen atoms in total. The van der Waals surface area contributed by atoms with E-state index in [1.54, 1.807) is 0 Å². The summed E-state index contributed by atoms with van der Waals surface area (Å²) in [5.74, 6) is 0.829. The van der Waals surface area contributed by atoms with Gasteiger partial charge in [-0.15, -0.1) is 11.6 Å². The number of hydrogen-bond acceptors (Lipinski definition) is 1. The van der Waals surface area contributed by atoms with Crippen molar-refractivity contribution in [2.45, 2.75) is 19.2 Å². The maximum atomic E-state index is 6.70. The van der Waals surface area contributed by atoms with Gasteiger partial charge in [0.15, 0.2) is 0 Å². The van der Waals surface area contributed by atoms with Crippen LogP contribution in [-0.4, -0.2) is 6.61 Å². The minimum Gasteiger partial charge on any atom is -0.494 e. The molecular formula is C16H15Br2ClO. The van der Waals surface area contributed by atoms with E-state index in [1.165, 1.54) is 0 Å². The zero-order valence-corrected chi connectivity index (χ0v) is 15.2. The highest BCUT2D eigenvalue weighted by atomic mass is 79.9. The van der Waals surface area contributed by atoms with Crippen molar-refractivity contribution in [2.24, 2.45) is 0 Å². The van der Waals surface area contributed by atoms with Gasteiger partial charge < -0.3 is 4.74 Å². The number of hydrogen-bond donors (Lipinski definition) is 0. The maximum absolute atomic E-state index is 6.70. The largest absolute Gasteiger partial charge is 0.494 e. The van der Waals surface area contributed by atoms with Crippen LogP contribution in [0.15, 0.2) is 45.3 Å². The molecule has 2 aromatic carbocycles. The van der Waals surface area contributed by atoms with Gasteiger partial charge in [0, 0.05) is 14.5 Å². The Morgan fingerprint density at radius 3 is 2.60 bits per heavy atom. The molecule has 2 rings (SSSR count). The number of benzene rings is 2. The Labute approximate surface area is 141 Å². The fourth-order valence-corrected chi connectivity index (χ4v) is 3.24. The van der Waals surface area contributed by atoms with E-state index in [0.29, 0.717) is 6.61 Å². The number of halogens is 3. The van der Waals surface area contributed by atoms with E-state index in [4.69, 9.17) is 16.3 Å². The van der Waals surface area contributed by atoms with Crippen molar-refractivity contribution in [1.82, 2.24) is 0 Å². The van der Waals surface area contributed by atoms with Crippen molar-refractivity contribution in [3.05, 3.63) is 62.0 Å². The molecule has 0 N–H and O–H groups in total. The van der Waals surface area contributed by atoms with Gasteiger partial charge >= 0.3 is 0 Å². The standard InChI is InChI=1S/C16H15Br2ClO/c1-3-20-15-8-7-11(17)9-13(15)16(19)12-5-4-6-14(18)10(12)2/h4-9,16H,3H2,1-2H3. The minimum absolute atomic E-state index is 0.244. The first-order valence-corrected chi connectivity index (χ1v) is 8.38. The second-order valence-electron chi connectivity index (χ2n) is 4.43. The fraction of sp³-hybridized carbons (Fsp3) is 0.250. The molecule has 0 saturated heterocycles. The summed E-state index contributed by atoms with van der Waals surface area (Å²) in [6, 6.07) is 12.0. The SMILES string of the molecule is CCOc1ccc(Br)cc1C(Cl)c1cccc(Br)c1C. The Morgan fingerprint density at radius 1 is 1.15 bits per heavy atom. The summed E-state index contributed by atoms with van der Waals surface area (Å²) in [4.78, 5) is 0. The minimum atomic E-state index is -0.244. The fourth-order valence-electron chi connectivity index (χ4n) is 2.07. The van der Waals surface area contributed by atoms with Crippen molar-refractivity contribution >= 4 is 43.5 Å². The topological polar surface area (TPSA) is 9.23 Å². The molecule has 4 heteroatoms. The Kier molecular flexibility index (Phi) is 5.53. The Hall–Kier alpha value is -0.510. The van der Waals surface area contributed by atoms with Crippen molar-refractivity contribution in [3.8, 4) is 5.75 Å². The molecule has 0 radical (unpaired) electrons. The lowest BCUT2D eigenvalue weighted by Gasteiger charge is -2.18. The molecule has 0 heterocycles. The van der Waals surface area contributed by atoms with E-state index in [0.717, 1.165) is 31.4 Å². The molecule has 0 spiro atoms. The second-order valence-corrected chi connectivity index (χ2v) is 6.64. The van der Waals surface area contributed by atoms with Crippen LogP contribution in [0, 0.1) is 6.92 Å². The summed E-state index contributed by atoms with van der Waals surface area (Å²) in [7, 11) is 0. The lowest BCUT2D eigenvalue weighted by molar-refractivity contribution is 0.337. The van der Waals surface area contributed by atoms with Crippen LogP contribution in [-0.2, 0) is 0 Å². The van der Waals surface area contributed by atoms with E-state index >= 15 is 0 Å². The first-order chi connectivity index (χ1) is 9.54. The molecule has 0 aliphatic carbocycles. The van der Waals surface area contributed by atoms with Crippen LogP contribution in [0.1, 0.15) is 29.0 Å². The molecule has 1 atom stereocenters. The monoisotopic (exact) mass is 416 g/mol. The summed E-state index contributed by atoms with van der Waals surface area (Å²) in [6.45, 7) is 4.66. The average molecular weight is 419 g/mol. The van der Waals surface area contributed by atoms with Gasteiger partial charge in [-0.3, -0.25) is 0 Å². The van der Waals surface area contributed by atoms with Crippen LogP contribution < -0.4 is 4.74 Å². The first kappa shape index (κ1) is 15.9. The quantitative estimate of drug-likeness (QED) is 0.534. The van der Waals surface area contributed by atoms with E-state index in [2.05, 4.69) is 38.8 Å². The predicted octanol–water partition coefficient (Wildman–Crippen LogP) is 6.25. The third-order valence-electron chi connectivity index (χ3n) is 3.13. The smallest absolute Gasteiger partial charge is 0.124 e. The molecule has 106 valence electrons. The molecule has 20 heavy (non-hydrogen) atoms. The van der Waals surface area contributed by atoms with Gasteiger partial charge in [0.1, 0.15) is 5.75 Å². The van der Waals surface area contributed by atoms with Gasteiger partial charge in [0.2, 0.25) is 0 Å². The predicted molar refractivity (Wildman–Crippen MR) is 91.9 cm³/mol. The summed E-state index contributed by atoms with van der Waals surface area (Å²) < 4.78 is 7.75. The van der Waals surface area contributed by atoms with E-state index < -0.39 is 0 Å². The molecule has 0 fully saturated rings. The number of alkyl halides is 1. The molecule has 0 aliphatic heterocycles. The van der Waals surface area contributed by atoms with E-state index in [1.807, 2.05) is 43.3 Å². The van der Waals surface area contributed by atoms with Crippen molar-refractivity contribution in [2.75, 3.05) is 6.61 Å². The van der Waals surface area contributed by atoms with Crippen LogP contribution in [0.4, 0.5) is 0 Å². The Morgan fingerprint density at radius 2 is 1.90 bits per heavy atom. The van der Waals surface area contributed by atoms with Gasteiger partial charge in [-0.25, -0.2) is 0 Å². The van der Waals surface area contributed by atoms with Crippen molar-refractivity contribution in [3.63, 3.8) is 0 Å². The Balaban J connectivity index is 2.49. The normalized spacial score (nSPS) is 12.2. The van der Waals surface area contributed by atoms with Crippen LogP contribution >= 0.6 is 43.5 Å². The first-order valence-electron chi connectivity index (χ1n) is 6.36. The third-order valence-corrected chi connectivity index (χ3v) is 4.95. The highest BCUT2D eigenvalue weighted by Gasteiger charge is 2.19. The van der Waals surface area contributed by atoms with Gasteiger partial charge in [0.05, 0.1) is 12.0 Å². The van der Waals surface area contributed by atoms with E-state index in [9.17, 15) is 0 Å². The maximum Gasteiger partial charge on any atom is 0.124 e. The van der Waals surface area contributed by atoms with Crippen molar-refractivity contribution < 1.29 is 4.74 Å². The number of ether oxygens (including phenoxy) is 1. The second kappa shape index (κ2) is 6.97. The molecular weight excluding hydrogens is 403 g/mol. The van der Waals surface area contributed by atoms with Crippen LogP contribution in [0.3, 0.4) is 0 Å². The van der Waals surface area contributed by atoms with Crippen LogP contribution in [0.2, 0.25) is 0 Å². The lowest BCUT2D eigenvalue weighted by Crippen LogP contribution is -2.02.